The summed E-state index contributed by atoms with van der Waals surface area (Å²) in [4.78, 5) is 15.9. The number of amides is 1. The Hall–Kier alpha value is -1.72. The number of hydrogen-bond acceptors (Lipinski definition) is 4. The van der Waals surface area contributed by atoms with Gasteiger partial charge in [-0.25, -0.2) is 5.43 Å². The van der Waals surface area contributed by atoms with Gasteiger partial charge in [0, 0.05) is 17.4 Å². The first-order chi connectivity index (χ1) is 13.5. The van der Waals surface area contributed by atoms with E-state index >= 15 is 0 Å². The molecule has 3 rings (SSSR count). The number of ether oxygens (including phenoxy) is 1. The number of nitrogens with zero attached hydrogens (tertiary/aromatic N) is 2. The van der Waals surface area contributed by atoms with E-state index in [9.17, 15) is 4.79 Å². The molecule has 0 saturated heterocycles. The molecule has 0 saturated carbocycles. The lowest BCUT2D eigenvalue weighted by Gasteiger charge is -2.11. The zero-order valence-electron chi connectivity index (χ0n) is 14.4. The second kappa shape index (κ2) is 10.2. The second-order valence-corrected chi connectivity index (χ2v) is 8.43. The molecule has 0 radical (unpaired) electrons. The Kier molecular flexibility index (Phi) is 7.63. The number of aromatic nitrogens is 1. The molecule has 142 valence electrons. The van der Waals surface area contributed by atoms with Crippen molar-refractivity contribution in [3.05, 3.63) is 89.8 Å². The first-order valence-electron chi connectivity index (χ1n) is 8.12. The lowest BCUT2D eigenvalue weighted by molar-refractivity contribution is 0.0955. The van der Waals surface area contributed by atoms with Gasteiger partial charge >= 0.3 is 0 Å². The standard InChI is InChI=1S/C20H14ClI2N3O2/c21-16-5-3-13(4-6-16)12-28-19-17(22)8-14(9-18(19)23)10-25-26-20(27)15-2-1-7-24-11-15/h1-11H,12H2,(H,26,27). The van der Waals surface area contributed by atoms with Gasteiger partial charge in [-0.2, -0.15) is 5.10 Å². The quantitative estimate of drug-likeness (QED) is 0.233. The third-order valence-electron chi connectivity index (χ3n) is 3.62. The number of carbonyl (C=O) groups excluding carboxylic acids is 1. The van der Waals surface area contributed by atoms with Crippen LogP contribution in [-0.4, -0.2) is 17.1 Å². The molecule has 1 N–H and O–H groups in total. The zero-order chi connectivity index (χ0) is 19.9. The van der Waals surface area contributed by atoms with E-state index in [0.717, 1.165) is 24.0 Å². The van der Waals surface area contributed by atoms with Crippen LogP contribution in [0, 0.1) is 7.14 Å². The van der Waals surface area contributed by atoms with Crippen molar-refractivity contribution in [1.29, 1.82) is 0 Å². The van der Waals surface area contributed by atoms with E-state index in [1.807, 2.05) is 36.4 Å². The Labute approximate surface area is 194 Å². The molecule has 0 atom stereocenters. The van der Waals surface area contributed by atoms with Crippen LogP contribution in [0.15, 0.2) is 66.0 Å². The van der Waals surface area contributed by atoms with Crippen molar-refractivity contribution < 1.29 is 9.53 Å². The fraction of sp³-hybridized carbons (Fsp3) is 0.0500. The summed E-state index contributed by atoms with van der Waals surface area (Å²) in [6.07, 6.45) is 4.70. The van der Waals surface area contributed by atoms with Gasteiger partial charge in [-0.05, 0) is 92.7 Å². The van der Waals surface area contributed by atoms with Crippen molar-refractivity contribution in [3.63, 3.8) is 0 Å². The van der Waals surface area contributed by atoms with Crippen molar-refractivity contribution in [2.75, 3.05) is 0 Å². The lowest BCUT2D eigenvalue weighted by Crippen LogP contribution is -2.17. The maximum Gasteiger partial charge on any atom is 0.272 e. The summed E-state index contributed by atoms with van der Waals surface area (Å²) in [7, 11) is 0. The van der Waals surface area contributed by atoms with E-state index in [-0.39, 0.29) is 5.91 Å². The fourth-order valence-electron chi connectivity index (χ4n) is 2.26. The minimum Gasteiger partial charge on any atom is -0.487 e. The topological polar surface area (TPSA) is 63.6 Å². The van der Waals surface area contributed by atoms with E-state index in [4.69, 9.17) is 16.3 Å². The number of carbonyl (C=O) groups is 1. The van der Waals surface area contributed by atoms with Crippen molar-refractivity contribution in [2.24, 2.45) is 5.10 Å². The molecule has 1 aromatic heterocycles. The Bertz CT molecular complexity index is 973. The molecular formula is C20H14ClI2N3O2. The molecule has 0 fully saturated rings. The number of rotatable bonds is 6. The number of nitrogens with one attached hydrogen (secondary N) is 1. The van der Waals surface area contributed by atoms with Gasteiger partial charge in [0.25, 0.3) is 5.91 Å². The van der Waals surface area contributed by atoms with Gasteiger partial charge in [0.05, 0.1) is 18.9 Å². The van der Waals surface area contributed by atoms with Crippen LogP contribution >= 0.6 is 56.8 Å². The third-order valence-corrected chi connectivity index (χ3v) is 5.48. The minimum absolute atomic E-state index is 0.309. The van der Waals surface area contributed by atoms with Gasteiger partial charge in [-0.15, -0.1) is 0 Å². The SMILES string of the molecule is O=C(NN=Cc1cc(I)c(OCc2ccc(Cl)cc2)c(I)c1)c1cccnc1. The monoisotopic (exact) mass is 617 g/mol. The normalized spacial score (nSPS) is 10.8. The number of benzene rings is 2. The molecule has 0 aliphatic rings. The van der Waals surface area contributed by atoms with E-state index in [0.29, 0.717) is 17.2 Å². The maximum absolute atomic E-state index is 12.0. The Morgan fingerprint density at radius 1 is 1.18 bits per heavy atom. The Morgan fingerprint density at radius 3 is 2.54 bits per heavy atom. The Balaban J connectivity index is 1.64. The molecule has 8 heteroatoms. The summed E-state index contributed by atoms with van der Waals surface area (Å²) in [6.45, 7) is 0.456. The third kappa shape index (κ3) is 5.89. The number of hydrogen-bond donors (Lipinski definition) is 1. The van der Waals surface area contributed by atoms with Crippen LogP contribution in [-0.2, 0) is 6.61 Å². The number of pyridine rings is 1. The molecular weight excluding hydrogens is 603 g/mol. The summed E-state index contributed by atoms with van der Waals surface area (Å²) in [5.41, 5.74) is 4.85. The first-order valence-corrected chi connectivity index (χ1v) is 10.7. The minimum atomic E-state index is -0.309. The van der Waals surface area contributed by atoms with Crippen molar-refractivity contribution >= 4 is 68.9 Å². The molecule has 3 aromatic rings. The van der Waals surface area contributed by atoms with Gasteiger partial charge in [-0.3, -0.25) is 9.78 Å². The van der Waals surface area contributed by atoms with Crippen LogP contribution in [0.25, 0.3) is 0 Å². The van der Waals surface area contributed by atoms with Gasteiger partial charge in [-0.1, -0.05) is 23.7 Å². The molecule has 0 aliphatic heterocycles. The summed E-state index contributed by atoms with van der Waals surface area (Å²) in [5.74, 6) is 0.504. The number of halogens is 3. The van der Waals surface area contributed by atoms with Crippen LogP contribution in [0.4, 0.5) is 0 Å². The lowest BCUT2D eigenvalue weighted by atomic mass is 10.2. The molecule has 0 unspecified atom stereocenters. The van der Waals surface area contributed by atoms with E-state index < -0.39 is 0 Å². The highest BCUT2D eigenvalue weighted by Gasteiger charge is 2.09. The molecule has 1 heterocycles. The molecule has 0 spiro atoms. The predicted molar refractivity (Wildman–Crippen MR) is 127 cm³/mol. The highest BCUT2D eigenvalue weighted by molar-refractivity contribution is 14.1. The fourth-order valence-corrected chi connectivity index (χ4v) is 4.51. The van der Waals surface area contributed by atoms with E-state index in [1.165, 1.54) is 6.20 Å². The van der Waals surface area contributed by atoms with E-state index in [2.05, 4.69) is 60.7 Å². The first kappa shape index (κ1) is 21.0. The zero-order valence-corrected chi connectivity index (χ0v) is 19.5. The highest BCUT2D eigenvalue weighted by Crippen LogP contribution is 2.29. The van der Waals surface area contributed by atoms with Gasteiger partial charge < -0.3 is 4.74 Å². The van der Waals surface area contributed by atoms with Crippen molar-refractivity contribution in [1.82, 2.24) is 10.4 Å². The van der Waals surface area contributed by atoms with Gasteiger partial charge in [0.1, 0.15) is 12.4 Å². The van der Waals surface area contributed by atoms with Crippen molar-refractivity contribution in [3.8, 4) is 5.75 Å². The smallest absolute Gasteiger partial charge is 0.272 e. The van der Waals surface area contributed by atoms with E-state index in [1.54, 1.807) is 24.5 Å². The largest absolute Gasteiger partial charge is 0.487 e. The van der Waals surface area contributed by atoms with Gasteiger partial charge in [0.2, 0.25) is 0 Å². The molecule has 2 aromatic carbocycles. The van der Waals surface area contributed by atoms with Crippen LogP contribution in [0.5, 0.6) is 5.75 Å². The summed E-state index contributed by atoms with van der Waals surface area (Å²) in [5, 5.41) is 4.72. The molecule has 5 nitrogen and oxygen atoms in total. The van der Waals surface area contributed by atoms with Crippen LogP contribution in [0.1, 0.15) is 21.5 Å². The average Bonchev–Trinajstić information content (AvgIpc) is 2.69. The Morgan fingerprint density at radius 2 is 1.89 bits per heavy atom. The molecule has 28 heavy (non-hydrogen) atoms. The van der Waals surface area contributed by atoms with Crippen molar-refractivity contribution in [2.45, 2.75) is 6.61 Å². The molecule has 0 aliphatic carbocycles. The van der Waals surface area contributed by atoms with Gasteiger partial charge in [0.15, 0.2) is 0 Å². The number of hydrazone groups is 1. The predicted octanol–water partition coefficient (Wildman–Crippen LogP) is 5.29. The summed E-state index contributed by atoms with van der Waals surface area (Å²) >= 11 is 10.4. The second-order valence-electron chi connectivity index (χ2n) is 5.67. The molecule has 1 amide bonds. The molecule has 0 bridgehead atoms. The van der Waals surface area contributed by atoms with Crippen LogP contribution in [0.2, 0.25) is 5.02 Å². The van der Waals surface area contributed by atoms with Crippen LogP contribution < -0.4 is 10.2 Å². The maximum atomic E-state index is 12.0. The van der Waals surface area contributed by atoms with Crippen LogP contribution in [0.3, 0.4) is 0 Å². The summed E-state index contributed by atoms with van der Waals surface area (Å²) < 4.78 is 7.88. The summed E-state index contributed by atoms with van der Waals surface area (Å²) in [6, 6.07) is 14.8. The average molecular weight is 618 g/mol. The highest BCUT2D eigenvalue weighted by atomic mass is 127.